The van der Waals surface area contributed by atoms with E-state index >= 15 is 0 Å². The maximum Gasteiger partial charge on any atom is 0.165 e. The molecule has 3 rings (SSSR count). The lowest BCUT2D eigenvalue weighted by Crippen LogP contribution is -1.96. The molecule has 5 heteroatoms. The fourth-order valence-corrected chi connectivity index (χ4v) is 5.38. The molecule has 0 aliphatic carbocycles. The van der Waals surface area contributed by atoms with Gasteiger partial charge in [0.05, 0.1) is 11.9 Å². The van der Waals surface area contributed by atoms with E-state index < -0.39 is 0 Å². The smallest absolute Gasteiger partial charge is 0.165 e. The van der Waals surface area contributed by atoms with Crippen LogP contribution in [0.3, 0.4) is 0 Å². The van der Waals surface area contributed by atoms with Crippen molar-refractivity contribution in [3.8, 4) is 5.75 Å². The van der Waals surface area contributed by atoms with Crippen LogP contribution in [0, 0.1) is 5.82 Å². The lowest BCUT2D eigenvalue weighted by Gasteiger charge is -2.10. The van der Waals surface area contributed by atoms with Crippen molar-refractivity contribution in [2.75, 3.05) is 12.9 Å². The summed E-state index contributed by atoms with van der Waals surface area (Å²) in [6.45, 7) is 0. The van der Waals surface area contributed by atoms with Gasteiger partial charge in [0.15, 0.2) is 11.6 Å². The van der Waals surface area contributed by atoms with Gasteiger partial charge in [-0.25, -0.2) is 4.39 Å². The van der Waals surface area contributed by atoms with Crippen molar-refractivity contribution in [1.82, 2.24) is 0 Å². The molecule has 1 aromatic heterocycles. The Labute approximate surface area is 134 Å². The number of aryl methyl sites for hydroxylation is 1. The molecule has 1 aromatic carbocycles. The number of rotatable bonds is 3. The molecule has 106 valence electrons. The molecule has 1 aliphatic heterocycles. The Bertz CT molecular complexity index is 603. The summed E-state index contributed by atoms with van der Waals surface area (Å²) in [6.07, 6.45) is 1.15. The second kappa shape index (κ2) is 6.08. The first-order chi connectivity index (χ1) is 9.69. The number of alkyl halides is 1. The van der Waals surface area contributed by atoms with Gasteiger partial charge in [-0.3, -0.25) is 0 Å². The van der Waals surface area contributed by atoms with Crippen LogP contribution in [-0.2, 0) is 12.2 Å². The zero-order valence-corrected chi connectivity index (χ0v) is 14.2. The number of hydrogen-bond donors (Lipinski definition) is 0. The maximum atomic E-state index is 13.8. The minimum Gasteiger partial charge on any atom is -0.494 e. The molecular formula is C15H14BrFOS2. The van der Waals surface area contributed by atoms with Crippen LogP contribution in [0.2, 0.25) is 0 Å². The van der Waals surface area contributed by atoms with Crippen molar-refractivity contribution in [2.45, 2.75) is 17.0 Å². The maximum absolute atomic E-state index is 13.8. The van der Waals surface area contributed by atoms with Crippen molar-refractivity contribution in [3.63, 3.8) is 0 Å². The van der Waals surface area contributed by atoms with Crippen LogP contribution >= 0.6 is 39.0 Å². The highest BCUT2D eigenvalue weighted by Gasteiger charge is 2.19. The van der Waals surface area contributed by atoms with Gasteiger partial charge in [0.25, 0.3) is 0 Å². The van der Waals surface area contributed by atoms with E-state index in [2.05, 4.69) is 22.0 Å². The van der Waals surface area contributed by atoms with Crippen LogP contribution in [0.15, 0.2) is 24.3 Å². The van der Waals surface area contributed by atoms with Crippen LogP contribution in [0.1, 0.15) is 25.7 Å². The molecule has 0 amide bonds. The molecule has 20 heavy (non-hydrogen) atoms. The van der Waals surface area contributed by atoms with Crippen molar-refractivity contribution in [2.24, 2.45) is 0 Å². The average molecular weight is 373 g/mol. The lowest BCUT2D eigenvalue weighted by molar-refractivity contribution is 0.386. The van der Waals surface area contributed by atoms with Crippen LogP contribution in [-0.4, -0.2) is 12.9 Å². The van der Waals surface area contributed by atoms with Gasteiger partial charge >= 0.3 is 0 Å². The average Bonchev–Trinajstić information content (AvgIpc) is 2.90. The number of thiophene rings is 1. The molecule has 0 saturated carbocycles. The minimum absolute atomic E-state index is 0.0449. The zero-order chi connectivity index (χ0) is 14.1. The van der Waals surface area contributed by atoms with E-state index in [0.717, 1.165) is 17.7 Å². The molecule has 0 radical (unpaired) electrons. The molecule has 0 spiro atoms. The highest BCUT2D eigenvalue weighted by molar-refractivity contribution is 9.09. The predicted octanol–water partition coefficient (Wildman–Crippen LogP) is 5.17. The largest absolute Gasteiger partial charge is 0.494 e. The summed E-state index contributed by atoms with van der Waals surface area (Å²) < 4.78 is 18.8. The summed E-state index contributed by atoms with van der Waals surface area (Å²) in [6, 6.07) is 7.40. The summed E-state index contributed by atoms with van der Waals surface area (Å²) in [4.78, 5) is 2.78. The first-order valence-corrected chi connectivity index (χ1v) is 9.24. The van der Waals surface area contributed by atoms with E-state index in [4.69, 9.17) is 4.74 Å². The third-order valence-electron chi connectivity index (χ3n) is 3.37. The summed E-state index contributed by atoms with van der Waals surface area (Å²) in [5.41, 5.74) is 2.37. The molecule has 0 bridgehead atoms. The van der Waals surface area contributed by atoms with E-state index in [1.807, 2.05) is 29.2 Å². The minimum atomic E-state index is -0.314. The Morgan fingerprint density at radius 3 is 2.90 bits per heavy atom. The molecule has 0 N–H and O–H groups in total. The van der Waals surface area contributed by atoms with Gasteiger partial charge in [-0.1, -0.05) is 22.0 Å². The molecular weight excluding hydrogens is 359 g/mol. The topological polar surface area (TPSA) is 9.23 Å². The SMILES string of the molecule is COc1ccc(C(Br)c2cc3c(s2)CCSC3)cc1F. The van der Waals surface area contributed by atoms with E-state index in [1.54, 1.807) is 12.1 Å². The first-order valence-electron chi connectivity index (χ1n) is 6.36. The first kappa shape index (κ1) is 14.4. The number of ether oxygens (including phenoxy) is 1. The lowest BCUT2D eigenvalue weighted by atomic mass is 10.1. The van der Waals surface area contributed by atoms with E-state index in [-0.39, 0.29) is 16.4 Å². The summed E-state index contributed by atoms with van der Waals surface area (Å²) in [5, 5.41) is 0. The van der Waals surface area contributed by atoms with Gasteiger partial charge in [0, 0.05) is 15.5 Å². The molecule has 1 aliphatic rings. The fourth-order valence-electron chi connectivity index (χ4n) is 2.30. The van der Waals surface area contributed by atoms with Gasteiger partial charge in [0.1, 0.15) is 0 Å². The Hall–Kier alpha value is -0.520. The standard InChI is InChI=1S/C15H14BrFOS2/c1-18-12-3-2-9(6-11(12)17)15(16)14-7-10-8-19-5-4-13(10)20-14/h2-3,6-7,15H,4-5,8H2,1H3. The second-order valence-corrected chi connectivity index (χ2v) is 7.85. The monoisotopic (exact) mass is 372 g/mol. The van der Waals surface area contributed by atoms with E-state index in [9.17, 15) is 4.39 Å². The van der Waals surface area contributed by atoms with Crippen LogP contribution in [0.4, 0.5) is 4.39 Å². The second-order valence-electron chi connectivity index (χ2n) is 4.66. The molecule has 1 unspecified atom stereocenters. The van der Waals surface area contributed by atoms with Crippen molar-refractivity contribution < 1.29 is 9.13 Å². The highest BCUT2D eigenvalue weighted by Crippen LogP contribution is 2.40. The number of benzene rings is 1. The molecule has 1 atom stereocenters. The van der Waals surface area contributed by atoms with Gasteiger partial charge in [-0.2, -0.15) is 11.8 Å². The third-order valence-corrected chi connectivity index (χ3v) is 7.00. The third kappa shape index (κ3) is 2.76. The number of halogens is 2. The number of fused-ring (bicyclic) bond motifs is 1. The van der Waals surface area contributed by atoms with Crippen LogP contribution < -0.4 is 4.74 Å². The molecule has 2 aromatic rings. The summed E-state index contributed by atoms with van der Waals surface area (Å²) in [7, 11) is 1.48. The van der Waals surface area contributed by atoms with Crippen molar-refractivity contribution in [1.29, 1.82) is 0 Å². The zero-order valence-electron chi connectivity index (χ0n) is 11.0. The number of hydrogen-bond acceptors (Lipinski definition) is 3. The van der Waals surface area contributed by atoms with Crippen molar-refractivity contribution in [3.05, 3.63) is 51.0 Å². The fraction of sp³-hybridized carbons (Fsp3) is 0.333. The number of methoxy groups -OCH3 is 1. The molecule has 1 nitrogen and oxygen atoms in total. The normalized spacial score (nSPS) is 15.8. The summed E-state index contributed by atoms with van der Waals surface area (Å²) >= 11 is 7.52. The van der Waals surface area contributed by atoms with Crippen LogP contribution in [0.25, 0.3) is 0 Å². The Kier molecular flexibility index (Phi) is 4.38. The Morgan fingerprint density at radius 1 is 1.35 bits per heavy atom. The van der Waals surface area contributed by atoms with Crippen LogP contribution in [0.5, 0.6) is 5.75 Å². The predicted molar refractivity (Wildman–Crippen MR) is 87.9 cm³/mol. The van der Waals surface area contributed by atoms with Gasteiger partial charge in [0.2, 0.25) is 0 Å². The Balaban J connectivity index is 1.90. The molecule has 2 heterocycles. The quantitative estimate of drug-likeness (QED) is 0.687. The Morgan fingerprint density at radius 2 is 2.20 bits per heavy atom. The summed E-state index contributed by atoms with van der Waals surface area (Å²) in [5.74, 6) is 2.28. The van der Waals surface area contributed by atoms with Gasteiger partial charge in [-0.15, -0.1) is 11.3 Å². The van der Waals surface area contributed by atoms with Gasteiger partial charge in [-0.05, 0) is 41.5 Å². The van der Waals surface area contributed by atoms with Gasteiger partial charge < -0.3 is 4.74 Å². The highest BCUT2D eigenvalue weighted by atomic mass is 79.9. The van der Waals surface area contributed by atoms with E-state index in [0.29, 0.717) is 0 Å². The number of thioether (sulfide) groups is 1. The molecule has 0 saturated heterocycles. The van der Waals surface area contributed by atoms with E-state index in [1.165, 1.54) is 28.2 Å². The van der Waals surface area contributed by atoms with Crippen molar-refractivity contribution >= 4 is 39.0 Å². The molecule has 0 fully saturated rings.